The number of nitrogens with zero attached hydrogens (tertiary/aromatic N) is 2. The Morgan fingerprint density at radius 3 is 2.90 bits per heavy atom. The lowest BCUT2D eigenvalue weighted by Gasteiger charge is -2.38. The van der Waals surface area contributed by atoms with Crippen LogP contribution < -0.4 is 10.5 Å². The average Bonchev–Trinajstić information content (AvgIpc) is 2.77. The molecule has 4 heteroatoms. The number of aromatic nitrogens is 2. The second-order valence-electron chi connectivity index (χ2n) is 5.66. The van der Waals surface area contributed by atoms with E-state index in [-0.39, 0.29) is 5.41 Å². The molecule has 0 fully saturated rings. The lowest BCUT2D eigenvalue weighted by Crippen LogP contribution is -2.42. The molecule has 1 aliphatic heterocycles. The fraction of sp³-hybridized carbons (Fsp3) is 0.438. The fourth-order valence-electron chi connectivity index (χ4n) is 3.17. The Morgan fingerprint density at radius 2 is 2.20 bits per heavy atom. The van der Waals surface area contributed by atoms with Gasteiger partial charge in [-0.3, -0.25) is 4.68 Å². The molecular weight excluding hydrogens is 250 g/mol. The summed E-state index contributed by atoms with van der Waals surface area (Å²) in [7, 11) is 2.00. The first kappa shape index (κ1) is 13.2. The predicted molar refractivity (Wildman–Crippen MR) is 78.9 cm³/mol. The third kappa shape index (κ3) is 2.10. The van der Waals surface area contributed by atoms with Crippen LogP contribution in [-0.2, 0) is 18.9 Å². The van der Waals surface area contributed by atoms with Crippen molar-refractivity contribution in [1.29, 1.82) is 0 Å². The summed E-state index contributed by atoms with van der Waals surface area (Å²) < 4.78 is 7.74. The third-order valence-corrected chi connectivity index (χ3v) is 4.31. The van der Waals surface area contributed by atoms with Crippen molar-refractivity contribution in [3.05, 3.63) is 47.3 Å². The molecule has 0 amide bonds. The number of hydrogen-bond acceptors (Lipinski definition) is 3. The molecule has 0 saturated heterocycles. The van der Waals surface area contributed by atoms with Crippen molar-refractivity contribution in [2.75, 3.05) is 13.2 Å². The molecule has 4 nitrogen and oxygen atoms in total. The summed E-state index contributed by atoms with van der Waals surface area (Å²) >= 11 is 0. The Hall–Kier alpha value is -1.81. The molecule has 0 bridgehead atoms. The van der Waals surface area contributed by atoms with E-state index in [0.29, 0.717) is 6.54 Å². The molecule has 0 spiro atoms. The topological polar surface area (TPSA) is 53.1 Å². The van der Waals surface area contributed by atoms with Crippen LogP contribution in [0.4, 0.5) is 0 Å². The van der Waals surface area contributed by atoms with E-state index in [1.165, 1.54) is 11.3 Å². The van der Waals surface area contributed by atoms with Gasteiger partial charge >= 0.3 is 0 Å². The molecule has 3 rings (SSSR count). The van der Waals surface area contributed by atoms with Gasteiger partial charge < -0.3 is 10.5 Å². The summed E-state index contributed by atoms with van der Waals surface area (Å²) in [6, 6.07) is 10.4. The summed E-state index contributed by atoms with van der Waals surface area (Å²) in [4.78, 5) is 0. The van der Waals surface area contributed by atoms with Gasteiger partial charge in [0.1, 0.15) is 5.75 Å². The molecule has 0 aliphatic carbocycles. The summed E-state index contributed by atoms with van der Waals surface area (Å²) in [6.07, 6.45) is 1.85. The lowest BCUT2D eigenvalue weighted by molar-refractivity contribution is 0.214. The second-order valence-corrected chi connectivity index (χ2v) is 5.66. The van der Waals surface area contributed by atoms with Crippen LogP contribution in [0.15, 0.2) is 30.3 Å². The van der Waals surface area contributed by atoms with Crippen molar-refractivity contribution < 1.29 is 4.74 Å². The van der Waals surface area contributed by atoms with Crippen LogP contribution in [0.3, 0.4) is 0 Å². The van der Waals surface area contributed by atoms with Crippen LogP contribution in [-0.4, -0.2) is 22.9 Å². The minimum absolute atomic E-state index is 0.0466. The fourth-order valence-corrected chi connectivity index (χ4v) is 3.17. The van der Waals surface area contributed by atoms with Crippen molar-refractivity contribution in [2.45, 2.75) is 25.2 Å². The number of hydrogen-bond donors (Lipinski definition) is 1. The quantitative estimate of drug-likeness (QED) is 0.928. The first-order valence-electron chi connectivity index (χ1n) is 7.06. The summed E-state index contributed by atoms with van der Waals surface area (Å²) in [5, 5.41) is 4.44. The van der Waals surface area contributed by atoms with E-state index in [1.807, 2.05) is 30.8 Å². The molecule has 1 unspecified atom stereocenters. The molecule has 2 aromatic rings. The zero-order valence-electron chi connectivity index (χ0n) is 12.1. The number of fused-ring (bicyclic) bond motifs is 1. The number of nitrogens with two attached hydrogens (primary N) is 1. The molecule has 0 radical (unpaired) electrons. The largest absolute Gasteiger partial charge is 0.493 e. The molecular formula is C16H21N3O. The maximum absolute atomic E-state index is 6.17. The number of benzene rings is 1. The predicted octanol–water partition coefficient (Wildman–Crippen LogP) is 1.95. The van der Waals surface area contributed by atoms with Gasteiger partial charge in [0.05, 0.1) is 12.3 Å². The molecule has 1 aliphatic rings. The number of rotatable bonds is 3. The summed E-state index contributed by atoms with van der Waals surface area (Å²) in [5.41, 5.74) is 9.63. The van der Waals surface area contributed by atoms with Gasteiger partial charge in [-0.1, -0.05) is 18.2 Å². The highest BCUT2D eigenvalue weighted by molar-refractivity contribution is 5.42. The van der Waals surface area contributed by atoms with Crippen molar-refractivity contribution in [2.24, 2.45) is 12.8 Å². The Bertz CT molecular complexity index is 620. The highest BCUT2D eigenvalue weighted by Crippen LogP contribution is 2.40. The monoisotopic (exact) mass is 271 g/mol. The van der Waals surface area contributed by atoms with E-state index >= 15 is 0 Å². The van der Waals surface area contributed by atoms with Crippen molar-refractivity contribution >= 4 is 0 Å². The molecule has 2 N–H and O–H groups in total. The van der Waals surface area contributed by atoms with Crippen molar-refractivity contribution in [3.63, 3.8) is 0 Å². The molecule has 0 saturated carbocycles. The first-order valence-corrected chi connectivity index (χ1v) is 7.06. The number of aryl methyl sites for hydroxylation is 2. The molecule has 2 heterocycles. The second kappa shape index (κ2) is 4.94. The van der Waals surface area contributed by atoms with E-state index in [0.717, 1.165) is 30.9 Å². The van der Waals surface area contributed by atoms with E-state index in [9.17, 15) is 0 Å². The number of ether oxygens (including phenoxy) is 1. The maximum atomic E-state index is 6.17. The van der Waals surface area contributed by atoms with Crippen molar-refractivity contribution in [1.82, 2.24) is 9.78 Å². The average molecular weight is 271 g/mol. The van der Waals surface area contributed by atoms with Crippen LogP contribution in [0.2, 0.25) is 0 Å². The summed E-state index contributed by atoms with van der Waals surface area (Å²) in [5.74, 6) is 0.975. The van der Waals surface area contributed by atoms with E-state index in [1.54, 1.807) is 0 Å². The first-order chi connectivity index (χ1) is 9.64. The van der Waals surface area contributed by atoms with Crippen LogP contribution in [0.5, 0.6) is 5.75 Å². The van der Waals surface area contributed by atoms with E-state index < -0.39 is 0 Å². The zero-order chi connectivity index (χ0) is 14.2. The van der Waals surface area contributed by atoms with E-state index in [4.69, 9.17) is 10.5 Å². The van der Waals surface area contributed by atoms with E-state index in [2.05, 4.69) is 23.3 Å². The Labute approximate surface area is 119 Å². The van der Waals surface area contributed by atoms with Crippen LogP contribution in [0.25, 0.3) is 0 Å². The highest BCUT2D eigenvalue weighted by Gasteiger charge is 2.37. The molecule has 1 aromatic carbocycles. The van der Waals surface area contributed by atoms with Gasteiger partial charge in [-0.05, 0) is 25.5 Å². The minimum atomic E-state index is -0.0466. The molecule has 20 heavy (non-hydrogen) atoms. The minimum Gasteiger partial charge on any atom is -0.493 e. The van der Waals surface area contributed by atoms with Gasteiger partial charge in [-0.25, -0.2) is 0 Å². The normalized spacial score (nSPS) is 21.4. The Morgan fingerprint density at radius 1 is 1.40 bits per heavy atom. The Kier molecular flexibility index (Phi) is 3.26. The van der Waals surface area contributed by atoms with Crippen molar-refractivity contribution in [3.8, 4) is 5.75 Å². The smallest absolute Gasteiger partial charge is 0.123 e. The van der Waals surface area contributed by atoms with Crippen LogP contribution in [0.1, 0.15) is 23.4 Å². The Balaban J connectivity index is 2.02. The van der Waals surface area contributed by atoms with Gasteiger partial charge in [-0.15, -0.1) is 0 Å². The standard InChI is InChI=1S/C16H21N3O/c1-12-9-13(19(2)18-12)10-16(11-17)7-8-20-15-6-4-3-5-14(15)16/h3-6,9H,7-8,10-11,17H2,1-2H3. The van der Waals surface area contributed by atoms with Gasteiger partial charge in [0.25, 0.3) is 0 Å². The number of para-hydroxylation sites is 1. The zero-order valence-corrected chi connectivity index (χ0v) is 12.1. The third-order valence-electron chi connectivity index (χ3n) is 4.31. The van der Waals surface area contributed by atoms with Gasteiger partial charge in [0.2, 0.25) is 0 Å². The van der Waals surface area contributed by atoms with Gasteiger partial charge in [0, 0.05) is 36.7 Å². The van der Waals surface area contributed by atoms with Crippen LogP contribution >= 0.6 is 0 Å². The lowest BCUT2D eigenvalue weighted by atomic mass is 9.72. The SMILES string of the molecule is Cc1cc(CC2(CN)CCOc3ccccc32)n(C)n1. The summed E-state index contributed by atoms with van der Waals surface area (Å²) in [6.45, 7) is 3.37. The molecule has 106 valence electrons. The van der Waals surface area contributed by atoms with Gasteiger partial charge in [0.15, 0.2) is 0 Å². The van der Waals surface area contributed by atoms with Gasteiger partial charge in [-0.2, -0.15) is 5.10 Å². The molecule has 1 aromatic heterocycles. The molecule has 1 atom stereocenters. The van der Waals surface area contributed by atoms with Crippen LogP contribution in [0, 0.1) is 6.92 Å². The highest BCUT2D eigenvalue weighted by atomic mass is 16.5. The maximum Gasteiger partial charge on any atom is 0.123 e.